The summed E-state index contributed by atoms with van der Waals surface area (Å²) in [6.07, 6.45) is 18.0. The molecule has 16 heavy (non-hydrogen) atoms. The number of rotatable bonds is 0. The van der Waals surface area contributed by atoms with Crippen LogP contribution in [0.2, 0.25) is 0 Å². The van der Waals surface area contributed by atoms with Crippen LogP contribution >= 0.6 is 0 Å². The van der Waals surface area contributed by atoms with Gasteiger partial charge in [-0.2, -0.15) is 41.5 Å². The van der Waals surface area contributed by atoms with E-state index in [2.05, 4.69) is 54.4 Å². The van der Waals surface area contributed by atoms with Gasteiger partial charge in [0.25, 0.3) is 0 Å². The second kappa shape index (κ2) is 71.4. The summed E-state index contributed by atoms with van der Waals surface area (Å²) in [5.41, 5.74) is 0. The van der Waals surface area contributed by atoms with E-state index < -0.39 is 0 Å². The standard InChI is InChI=1S/2C4H9.2C2H.2CH4.2Y/c2*1-4(2)3;2*1-2;;;;/h2*1-3H3;2*1H;2*1H4;;/q4*-1;;;;. The van der Waals surface area contributed by atoms with E-state index in [1.165, 1.54) is 11.8 Å². The van der Waals surface area contributed by atoms with E-state index in [0.29, 0.717) is 0 Å². The fourth-order valence-electron chi connectivity index (χ4n) is 0. The van der Waals surface area contributed by atoms with E-state index in [-0.39, 0.29) is 80.3 Å². The molecule has 0 nitrogen and oxygen atoms in total. The van der Waals surface area contributed by atoms with Crippen LogP contribution in [0.4, 0.5) is 0 Å². The minimum Gasteiger partial charge on any atom is -0.697 e. The normalized spacial score (nSPS) is 4.75. The molecule has 0 saturated heterocycles. The number of hydrogen-bond donors (Lipinski definition) is 0. The maximum Gasteiger partial charge on any atom is 0 e. The van der Waals surface area contributed by atoms with Gasteiger partial charge in [0.15, 0.2) is 0 Å². The minimum atomic E-state index is 0. The second-order valence-electron chi connectivity index (χ2n) is 3.00. The van der Waals surface area contributed by atoms with Gasteiger partial charge < -0.3 is 37.5 Å². The van der Waals surface area contributed by atoms with Crippen LogP contribution in [0.1, 0.15) is 56.4 Å². The van der Waals surface area contributed by atoms with Crippen LogP contribution in [-0.2, 0) is 65.4 Å². The van der Waals surface area contributed by atoms with Gasteiger partial charge in [-0.15, -0.1) is 0 Å². The summed E-state index contributed by atoms with van der Waals surface area (Å²) in [7, 11) is 0. The van der Waals surface area contributed by atoms with Gasteiger partial charge in [-0.05, 0) is 0 Å². The maximum absolute atomic E-state index is 5.25. The Bertz CT molecular complexity index is 63.7. The van der Waals surface area contributed by atoms with Gasteiger partial charge in [0.05, 0.1) is 0 Å². The van der Waals surface area contributed by atoms with Crippen LogP contribution in [0.5, 0.6) is 0 Å². The molecular formula is C14H28Y2-4. The van der Waals surface area contributed by atoms with Crippen molar-refractivity contribution in [2.45, 2.75) is 56.4 Å². The topological polar surface area (TPSA) is 0 Å². The Morgan fingerprint density at radius 1 is 0.562 bits per heavy atom. The van der Waals surface area contributed by atoms with Crippen LogP contribution < -0.4 is 0 Å². The van der Waals surface area contributed by atoms with E-state index in [9.17, 15) is 0 Å². The monoisotopic (exact) mass is 374 g/mol. The maximum atomic E-state index is 5.25. The van der Waals surface area contributed by atoms with Crippen molar-refractivity contribution in [1.82, 2.24) is 0 Å². The third-order valence-corrected chi connectivity index (χ3v) is 0. The molecule has 0 rings (SSSR count). The Balaban J connectivity index is -0.00000000857. The van der Waals surface area contributed by atoms with Gasteiger partial charge in [-0.25, -0.2) is 0 Å². The molecule has 0 fully saturated rings. The molecule has 0 aliphatic rings. The van der Waals surface area contributed by atoms with Crippen molar-refractivity contribution in [2.24, 2.45) is 0 Å². The van der Waals surface area contributed by atoms with Crippen LogP contribution in [0.15, 0.2) is 0 Å². The summed E-state index contributed by atoms with van der Waals surface area (Å²) in [5.74, 6) is 2.83. The molecule has 2 radical (unpaired) electrons. The van der Waals surface area contributed by atoms with Crippen molar-refractivity contribution in [3.8, 4) is 12.8 Å². The van der Waals surface area contributed by atoms with Crippen molar-refractivity contribution in [3.63, 3.8) is 0 Å². The molecule has 0 N–H and O–H groups in total. The molecule has 0 aromatic rings. The Morgan fingerprint density at radius 3 is 0.562 bits per heavy atom. The zero-order valence-electron chi connectivity index (χ0n) is 10.3. The number of terminal acetylenes is 2. The fourth-order valence-corrected chi connectivity index (χ4v) is 0. The molecule has 0 atom stereocenters. The van der Waals surface area contributed by atoms with E-state index in [1.807, 2.05) is 0 Å². The molecule has 0 spiro atoms. The fraction of sp³-hybridized carbons (Fsp3) is 0.571. The second-order valence-corrected chi connectivity index (χ2v) is 3.00. The van der Waals surface area contributed by atoms with E-state index >= 15 is 0 Å². The smallest absolute Gasteiger partial charge is 0 e. The quantitative estimate of drug-likeness (QED) is 0.417. The average Bonchev–Trinajstić information content (AvgIpc) is 1.93. The van der Waals surface area contributed by atoms with Crippen molar-refractivity contribution in [2.75, 3.05) is 0 Å². The third kappa shape index (κ3) is 1780. The number of hydrogen-bond acceptors (Lipinski definition) is 0. The van der Waals surface area contributed by atoms with Crippen LogP contribution in [0.3, 0.4) is 0 Å². The molecule has 0 amide bonds. The molecule has 0 bridgehead atoms. The van der Waals surface area contributed by atoms with Crippen LogP contribution in [-0.4, -0.2) is 0 Å². The van der Waals surface area contributed by atoms with Crippen molar-refractivity contribution >= 4 is 0 Å². The van der Waals surface area contributed by atoms with E-state index in [0.717, 1.165) is 0 Å². The third-order valence-electron chi connectivity index (χ3n) is 0. The first-order valence-corrected chi connectivity index (χ1v) is 3.58. The summed E-state index contributed by atoms with van der Waals surface area (Å²) in [6.45, 7) is 12.5. The summed E-state index contributed by atoms with van der Waals surface area (Å²) < 4.78 is 0. The molecular weight excluding hydrogens is 346 g/mol. The van der Waals surface area contributed by atoms with Gasteiger partial charge in [-0.1, -0.05) is 14.9 Å². The van der Waals surface area contributed by atoms with Gasteiger partial charge in [0.1, 0.15) is 0 Å². The van der Waals surface area contributed by atoms with E-state index in [4.69, 9.17) is 12.8 Å². The molecule has 0 saturated carbocycles. The SMILES string of the molecule is C.C.C[C-](C)C.C[C-](C)C.[C-]#C.[C-]#C.[Y].[Y]. The Labute approximate surface area is 157 Å². The average molecular weight is 374 g/mol. The van der Waals surface area contributed by atoms with Gasteiger partial charge in [-0.3, -0.25) is 0 Å². The Morgan fingerprint density at radius 2 is 0.562 bits per heavy atom. The molecule has 0 aliphatic carbocycles. The Hall–Kier alpha value is 1.33. The van der Waals surface area contributed by atoms with Crippen LogP contribution in [0.25, 0.3) is 0 Å². The largest absolute Gasteiger partial charge is 0.697 e. The molecule has 2 heteroatoms. The van der Waals surface area contributed by atoms with Gasteiger partial charge in [0, 0.05) is 65.4 Å². The first kappa shape index (κ1) is 53.1. The van der Waals surface area contributed by atoms with E-state index in [1.54, 1.807) is 0 Å². The predicted molar refractivity (Wildman–Crippen MR) is 70.4 cm³/mol. The molecule has 0 aliphatic heterocycles. The molecule has 0 aromatic carbocycles. The van der Waals surface area contributed by atoms with Crippen LogP contribution in [0, 0.1) is 37.5 Å². The summed E-state index contributed by atoms with van der Waals surface area (Å²) in [6, 6.07) is 0. The molecule has 0 heterocycles. The van der Waals surface area contributed by atoms with Crippen molar-refractivity contribution in [3.05, 3.63) is 24.7 Å². The first-order valence-electron chi connectivity index (χ1n) is 3.58. The minimum absolute atomic E-state index is 0. The first-order chi connectivity index (χ1) is 5.46. The zero-order chi connectivity index (χ0) is 11.2. The van der Waals surface area contributed by atoms with Crippen molar-refractivity contribution in [1.29, 1.82) is 0 Å². The summed E-state index contributed by atoms with van der Waals surface area (Å²) in [4.78, 5) is 0. The molecule has 94 valence electrons. The van der Waals surface area contributed by atoms with Gasteiger partial charge >= 0.3 is 0 Å². The zero-order valence-corrected chi connectivity index (χ0v) is 16.0. The predicted octanol–water partition coefficient (Wildman–Crippen LogP) is 4.92. The molecule has 0 unspecified atom stereocenters. The van der Waals surface area contributed by atoms with Gasteiger partial charge in [0.2, 0.25) is 0 Å². The summed E-state index contributed by atoms with van der Waals surface area (Å²) in [5, 5.41) is 0. The van der Waals surface area contributed by atoms with Crippen molar-refractivity contribution < 1.29 is 65.4 Å². The molecule has 0 aromatic heterocycles. The Kier molecular flexibility index (Phi) is 237. The summed E-state index contributed by atoms with van der Waals surface area (Å²) >= 11 is 0.